The monoisotopic (exact) mass is 280 g/mol. The van der Waals surface area contributed by atoms with Gasteiger partial charge in [-0.3, -0.25) is 4.79 Å². The number of hydrogen-bond donors (Lipinski definition) is 2. The van der Waals surface area contributed by atoms with Crippen molar-refractivity contribution in [2.75, 3.05) is 19.7 Å². The van der Waals surface area contributed by atoms with Crippen molar-refractivity contribution in [3.63, 3.8) is 0 Å². The predicted molar refractivity (Wildman–Crippen MR) is 74.9 cm³/mol. The maximum atomic E-state index is 13.7. The lowest BCUT2D eigenvalue weighted by molar-refractivity contribution is -0.126. The van der Waals surface area contributed by atoms with Crippen molar-refractivity contribution in [2.45, 2.75) is 20.4 Å². The van der Waals surface area contributed by atoms with Crippen LogP contribution in [-0.2, 0) is 11.3 Å². The Hall–Kier alpha value is -1.62. The van der Waals surface area contributed by atoms with Gasteiger partial charge in [0, 0.05) is 12.5 Å². The topological polar surface area (TPSA) is 50.4 Å². The van der Waals surface area contributed by atoms with Gasteiger partial charge in [-0.1, -0.05) is 13.0 Å². The first-order valence-electron chi connectivity index (χ1n) is 7.01. The maximum Gasteiger partial charge on any atom is 0.223 e. The normalized spacial score (nSPS) is 16.4. The van der Waals surface area contributed by atoms with E-state index in [2.05, 4.69) is 10.6 Å². The number of carbonyl (C=O) groups excluding carboxylic acids is 1. The molecule has 1 saturated heterocycles. The molecule has 1 amide bonds. The summed E-state index contributed by atoms with van der Waals surface area (Å²) in [5.74, 6) is 0.271. The largest absolute Gasteiger partial charge is 0.491 e. The Kier molecular flexibility index (Phi) is 4.95. The molecule has 0 aromatic heterocycles. The Morgan fingerprint density at radius 3 is 2.85 bits per heavy atom. The first-order valence-corrected chi connectivity index (χ1v) is 7.01. The lowest BCUT2D eigenvalue weighted by Crippen LogP contribution is -2.49. The van der Waals surface area contributed by atoms with Gasteiger partial charge in [-0.05, 0) is 43.6 Å². The highest BCUT2D eigenvalue weighted by Crippen LogP contribution is 2.19. The Labute approximate surface area is 118 Å². The summed E-state index contributed by atoms with van der Waals surface area (Å²) in [5, 5.41) is 6.01. The van der Waals surface area contributed by atoms with Crippen molar-refractivity contribution in [2.24, 2.45) is 11.8 Å². The van der Waals surface area contributed by atoms with Gasteiger partial charge in [-0.2, -0.15) is 0 Å². The van der Waals surface area contributed by atoms with Crippen LogP contribution in [0.15, 0.2) is 18.2 Å². The van der Waals surface area contributed by atoms with Crippen LogP contribution >= 0.6 is 0 Å². The van der Waals surface area contributed by atoms with E-state index >= 15 is 0 Å². The van der Waals surface area contributed by atoms with E-state index in [0.29, 0.717) is 19.1 Å². The van der Waals surface area contributed by atoms with Crippen molar-refractivity contribution < 1.29 is 13.9 Å². The second kappa shape index (κ2) is 6.70. The minimum absolute atomic E-state index is 0.0104. The molecule has 1 heterocycles. The van der Waals surface area contributed by atoms with Gasteiger partial charge >= 0.3 is 0 Å². The number of halogens is 1. The van der Waals surface area contributed by atoms with Crippen LogP contribution in [0.1, 0.15) is 19.4 Å². The Morgan fingerprint density at radius 2 is 2.30 bits per heavy atom. The molecule has 1 fully saturated rings. The Bertz CT molecular complexity index is 475. The SMILES string of the molecule is CCOc1ccc(CNC(=O)C(C)C2CNC2)cc1F. The molecule has 20 heavy (non-hydrogen) atoms. The lowest BCUT2D eigenvalue weighted by Gasteiger charge is -2.31. The van der Waals surface area contributed by atoms with E-state index < -0.39 is 5.82 Å². The zero-order chi connectivity index (χ0) is 14.5. The number of ether oxygens (including phenoxy) is 1. The van der Waals surface area contributed by atoms with Gasteiger partial charge in [0.25, 0.3) is 0 Å². The molecular formula is C15H21FN2O2. The lowest BCUT2D eigenvalue weighted by atomic mass is 9.88. The van der Waals surface area contributed by atoms with Crippen LogP contribution in [0.5, 0.6) is 5.75 Å². The van der Waals surface area contributed by atoms with E-state index in [9.17, 15) is 9.18 Å². The molecule has 110 valence electrons. The van der Waals surface area contributed by atoms with Crippen molar-refractivity contribution in [1.29, 1.82) is 0 Å². The molecule has 5 heteroatoms. The number of nitrogens with one attached hydrogen (secondary N) is 2. The highest BCUT2D eigenvalue weighted by molar-refractivity contribution is 5.78. The molecule has 4 nitrogen and oxygen atoms in total. The van der Waals surface area contributed by atoms with Crippen molar-refractivity contribution in [1.82, 2.24) is 10.6 Å². The zero-order valence-electron chi connectivity index (χ0n) is 11.9. The average Bonchev–Trinajstić information content (AvgIpc) is 2.37. The average molecular weight is 280 g/mol. The van der Waals surface area contributed by atoms with E-state index in [0.717, 1.165) is 18.7 Å². The second-order valence-electron chi connectivity index (χ2n) is 5.12. The fourth-order valence-electron chi connectivity index (χ4n) is 2.16. The fourth-order valence-corrected chi connectivity index (χ4v) is 2.16. The van der Waals surface area contributed by atoms with E-state index in [1.54, 1.807) is 12.1 Å². The first kappa shape index (κ1) is 14.8. The molecule has 0 aliphatic carbocycles. The summed E-state index contributed by atoms with van der Waals surface area (Å²) >= 11 is 0. The molecule has 1 aromatic rings. The Balaban J connectivity index is 1.87. The van der Waals surface area contributed by atoms with Crippen molar-refractivity contribution >= 4 is 5.91 Å². The minimum atomic E-state index is -0.394. The number of carbonyl (C=O) groups is 1. The molecule has 0 saturated carbocycles. The first-order chi connectivity index (χ1) is 9.61. The van der Waals surface area contributed by atoms with E-state index in [1.165, 1.54) is 6.07 Å². The third-order valence-corrected chi connectivity index (χ3v) is 3.70. The van der Waals surface area contributed by atoms with Crippen LogP contribution in [0, 0.1) is 17.7 Å². The molecule has 2 N–H and O–H groups in total. The smallest absolute Gasteiger partial charge is 0.223 e. The van der Waals surface area contributed by atoms with Crippen LogP contribution in [0.2, 0.25) is 0 Å². The number of amides is 1. The summed E-state index contributed by atoms with van der Waals surface area (Å²) in [6, 6.07) is 4.77. The Morgan fingerprint density at radius 1 is 1.55 bits per heavy atom. The van der Waals surface area contributed by atoms with E-state index in [-0.39, 0.29) is 17.6 Å². The molecule has 1 aromatic carbocycles. The molecule has 0 bridgehead atoms. The quantitative estimate of drug-likeness (QED) is 0.834. The molecular weight excluding hydrogens is 259 g/mol. The third kappa shape index (κ3) is 3.48. The standard InChI is InChI=1S/C15H21FN2O2/c1-3-20-14-5-4-11(6-13(14)16)7-18-15(19)10(2)12-8-17-9-12/h4-6,10,12,17H,3,7-9H2,1-2H3,(H,18,19). The van der Waals surface area contributed by atoms with E-state index in [4.69, 9.17) is 4.74 Å². The molecule has 0 radical (unpaired) electrons. The summed E-state index contributed by atoms with van der Waals surface area (Å²) in [7, 11) is 0. The third-order valence-electron chi connectivity index (χ3n) is 3.70. The highest BCUT2D eigenvalue weighted by Gasteiger charge is 2.28. The molecule has 1 atom stereocenters. The van der Waals surface area contributed by atoms with Gasteiger partial charge in [0.05, 0.1) is 6.61 Å². The van der Waals surface area contributed by atoms with Crippen LogP contribution in [0.3, 0.4) is 0 Å². The van der Waals surface area contributed by atoms with E-state index in [1.807, 2.05) is 13.8 Å². The molecule has 2 rings (SSSR count). The van der Waals surface area contributed by atoms with Gasteiger partial charge in [-0.15, -0.1) is 0 Å². The maximum absolute atomic E-state index is 13.7. The van der Waals surface area contributed by atoms with Crippen LogP contribution < -0.4 is 15.4 Å². The molecule has 1 aliphatic rings. The summed E-state index contributed by atoms with van der Waals surface area (Å²) < 4.78 is 18.8. The van der Waals surface area contributed by atoms with Crippen LogP contribution in [0.25, 0.3) is 0 Å². The predicted octanol–water partition coefficient (Wildman–Crippen LogP) is 1.70. The number of benzene rings is 1. The van der Waals surface area contributed by atoms with Gasteiger partial charge in [0.2, 0.25) is 5.91 Å². The molecule has 1 unspecified atom stereocenters. The summed E-state index contributed by atoms with van der Waals surface area (Å²) in [4.78, 5) is 11.9. The van der Waals surface area contributed by atoms with Crippen molar-refractivity contribution in [3.05, 3.63) is 29.6 Å². The zero-order valence-corrected chi connectivity index (χ0v) is 11.9. The molecule has 1 aliphatic heterocycles. The van der Waals surface area contributed by atoms with Gasteiger partial charge in [-0.25, -0.2) is 4.39 Å². The highest BCUT2D eigenvalue weighted by atomic mass is 19.1. The summed E-state index contributed by atoms with van der Waals surface area (Å²) in [6.45, 7) is 6.30. The van der Waals surface area contributed by atoms with Crippen molar-refractivity contribution in [3.8, 4) is 5.75 Å². The van der Waals surface area contributed by atoms with Gasteiger partial charge < -0.3 is 15.4 Å². The minimum Gasteiger partial charge on any atom is -0.491 e. The van der Waals surface area contributed by atoms with Gasteiger partial charge in [0.1, 0.15) is 0 Å². The van der Waals surface area contributed by atoms with Crippen LogP contribution in [0.4, 0.5) is 4.39 Å². The second-order valence-corrected chi connectivity index (χ2v) is 5.12. The van der Waals surface area contributed by atoms with Crippen LogP contribution in [-0.4, -0.2) is 25.6 Å². The fraction of sp³-hybridized carbons (Fsp3) is 0.533. The number of rotatable bonds is 6. The van der Waals surface area contributed by atoms with Gasteiger partial charge in [0.15, 0.2) is 11.6 Å². The molecule has 0 spiro atoms. The summed E-state index contributed by atoms with van der Waals surface area (Å²) in [5.41, 5.74) is 0.734. The summed E-state index contributed by atoms with van der Waals surface area (Å²) in [6.07, 6.45) is 0. The number of hydrogen-bond acceptors (Lipinski definition) is 3.